The molecule has 1 saturated heterocycles. The summed E-state index contributed by atoms with van der Waals surface area (Å²) in [5.41, 5.74) is 1.63. The van der Waals surface area contributed by atoms with Gasteiger partial charge < -0.3 is 28.8 Å². The normalized spacial score (nSPS) is 31.3. The molecule has 1 saturated carbocycles. The van der Waals surface area contributed by atoms with Gasteiger partial charge in [-0.3, -0.25) is 14.4 Å². The molecule has 1 aromatic carbocycles. The molecule has 1 N–H and O–H groups in total. The number of carbonyl (C=O) groups is 3. The molecule has 7 atom stereocenters. The highest BCUT2D eigenvalue weighted by Crippen LogP contribution is 2.43. The zero-order valence-electron chi connectivity index (χ0n) is 20.3. The molecular formula is C25H34O9. The van der Waals surface area contributed by atoms with Crippen LogP contribution in [0.2, 0.25) is 0 Å². The van der Waals surface area contributed by atoms with E-state index in [1.165, 1.54) is 27.9 Å². The van der Waals surface area contributed by atoms with E-state index >= 15 is 0 Å². The fraction of sp³-hybridized carbons (Fsp3) is 0.640. The Morgan fingerprint density at radius 2 is 1.56 bits per heavy atom. The van der Waals surface area contributed by atoms with Crippen molar-refractivity contribution in [3.63, 3.8) is 0 Å². The molecule has 2 unspecified atom stereocenters. The van der Waals surface area contributed by atoms with Crippen molar-refractivity contribution in [2.75, 3.05) is 7.11 Å². The van der Waals surface area contributed by atoms with Gasteiger partial charge >= 0.3 is 17.9 Å². The lowest BCUT2D eigenvalue weighted by atomic mass is 9.81. The summed E-state index contributed by atoms with van der Waals surface area (Å²) in [6, 6.07) is 5.72. The van der Waals surface area contributed by atoms with Gasteiger partial charge in [0.2, 0.25) is 0 Å². The lowest BCUT2D eigenvalue weighted by Crippen LogP contribution is -2.57. The zero-order valence-corrected chi connectivity index (χ0v) is 20.3. The van der Waals surface area contributed by atoms with E-state index in [2.05, 4.69) is 0 Å². The largest absolute Gasteiger partial charge is 0.496 e. The van der Waals surface area contributed by atoms with Gasteiger partial charge in [0.1, 0.15) is 11.9 Å². The van der Waals surface area contributed by atoms with Crippen LogP contribution in [0.5, 0.6) is 5.75 Å². The summed E-state index contributed by atoms with van der Waals surface area (Å²) < 4.78 is 28.4. The van der Waals surface area contributed by atoms with E-state index < -0.39 is 48.4 Å². The number of aliphatic hydroxyl groups excluding tert-OH is 1. The van der Waals surface area contributed by atoms with Crippen LogP contribution in [0.4, 0.5) is 0 Å². The predicted molar refractivity (Wildman–Crippen MR) is 120 cm³/mol. The highest BCUT2D eigenvalue weighted by Gasteiger charge is 2.51. The second-order valence-corrected chi connectivity index (χ2v) is 9.00. The zero-order chi connectivity index (χ0) is 25.0. The van der Waals surface area contributed by atoms with Crippen molar-refractivity contribution in [2.45, 2.75) is 95.9 Å². The molecule has 1 aliphatic heterocycles. The van der Waals surface area contributed by atoms with Gasteiger partial charge in [0.25, 0.3) is 0 Å². The van der Waals surface area contributed by atoms with Crippen molar-refractivity contribution >= 4 is 17.9 Å². The van der Waals surface area contributed by atoms with Crippen molar-refractivity contribution in [3.8, 4) is 5.75 Å². The van der Waals surface area contributed by atoms with E-state index in [4.69, 9.17) is 23.7 Å². The minimum Gasteiger partial charge on any atom is -0.496 e. The third-order valence-electron chi connectivity index (χ3n) is 6.35. The van der Waals surface area contributed by atoms with Crippen LogP contribution < -0.4 is 4.74 Å². The number of methoxy groups -OCH3 is 1. The third kappa shape index (κ3) is 6.07. The van der Waals surface area contributed by atoms with Gasteiger partial charge in [0.15, 0.2) is 18.3 Å². The highest BCUT2D eigenvalue weighted by molar-refractivity contribution is 5.68. The molecule has 1 aromatic rings. The van der Waals surface area contributed by atoms with Crippen molar-refractivity contribution in [1.82, 2.24) is 0 Å². The molecule has 0 amide bonds. The lowest BCUT2D eigenvalue weighted by Gasteiger charge is -2.44. The molecule has 188 valence electrons. The summed E-state index contributed by atoms with van der Waals surface area (Å²) in [5.74, 6) is -1.10. The predicted octanol–water partition coefficient (Wildman–Crippen LogP) is 2.97. The lowest BCUT2D eigenvalue weighted by molar-refractivity contribution is -0.245. The van der Waals surface area contributed by atoms with Crippen molar-refractivity contribution in [3.05, 3.63) is 29.3 Å². The van der Waals surface area contributed by atoms with Gasteiger partial charge in [0, 0.05) is 26.3 Å². The maximum Gasteiger partial charge on any atom is 0.303 e. The van der Waals surface area contributed by atoms with Gasteiger partial charge in [-0.25, -0.2) is 0 Å². The molecule has 0 radical (unpaired) electrons. The topological polar surface area (TPSA) is 118 Å². The van der Waals surface area contributed by atoms with Gasteiger partial charge in [-0.15, -0.1) is 0 Å². The van der Waals surface area contributed by atoms with Gasteiger partial charge in [-0.05, 0) is 49.8 Å². The van der Waals surface area contributed by atoms with E-state index in [1.54, 1.807) is 6.92 Å². The summed E-state index contributed by atoms with van der Waals surface area (Å²) in [4.78, 5) is 35.7. The molecule has 0 aromatic heterocycles. The summed E-state index contributed by atoms with van der Waals surface area (Å²) in [6.45, 7) is 5.43. The Morgan fingerprint density at radius 1 is 0.941 bits per heavy atom. The second kappa shape index (κ2) is 11.2. The average Bonchev–Trinajstić information content (AvgIpc) is 2.76. The maximum absolute atomic E-state index is 12.1. The fourth-order valence-electron chi connectivity index (χ4n) is 4.96. The van der Waals surface area contributed by atoms with Crippen LogP contribution in [-0.4, -0.2) is 60.6 Å². The Kier molecular flexibility index (Phi) is 8.54. The second-order valence-electron chi connectivity index (χ2n) is 9.00. The first-order valence-electron chi connectivity index (χ1n) is 11.6. The Hall–Kier alpha value is -2.65. The standard InChI is InChI=1S/C25H34O9/c1-13-22(32-14(2)26)24(33-15(3)27)25(34-16(4)28)23(31-13)20-12-18(9-10-21(20)30-5)17-7-6-8-19(29)11-17/h9-10,12-13,17,19,22-25,29H,6-8,11H2,1-5H3/t13-,17?,19?,22+,23+,24+,25+/m0/s1. The van der Waals surface area contributed by atoms with Crippen LogP contribution in [0.25, 0.3) is 0 Å². The van der Waals surface area contributed by atoms with Gasteiger partial charge in [0.05, 0.1) is 19.3 Å². The van der Waals surface area contributed by atoms with Crippen molar-refractivity contribution in [1.29, 1.82) is 0 Å². The Labute approximate surface area is 199 Å². The van der Waals surface area contributed by atoms with E-state index in [1.807, 2.05) is 18.2 Å². The molecule has 1 heterocycles. The first kappa shape index (κ1) is 26.0. The molecule has 0 bridgehead atoms. The monoisotopic (exact) mass is 478 g/mol. The minimum absolute atomic E-state index is 0.166. The van der Waals surface area contributed by atoms with E-state index in [0.29, 0.717) is 17.7 Å². The third-order valence-corrected chi connectivity index (χ3v) is 6.35. The van der Waals surface area contributed by atoms with Crippen LogP contribution in [0.3, 0.4) is 0 Å². The Bertz CT molecular complexity index is 898. The minimum atomic E-state index is -1.08. The molecule has 0 spiro atoms. The molecule has 9 heteroatoms. The number of ether oxygens (including phenoxy) is 5. The molecule has 1 aliphatic carbocycles. The first-order valence-corrected chi connectivity index (χ1v) is 11.6. The summed E-state index contributed by atoms with van der Waals surface area (Å²) in [6.07, 6.45) is -1.67. The molecule has 2 aliphatic rings. The van der Waals surface area contributed by atoms with Crippen molar-refractivity contribution in [2.24, 2.45) is 0 Å². The Balaban J connectivity index is 2.06. The smallest absolute Gasteiger partial charge is 0.303 e. The molecule has 9 nitrogen and oxygen atoms in total. The van der Waals surface area contributed by atoms with Crippen LogP contribution in [-0.2, 0) is 33.3 Å². The van der Waals surface area contributed by atoms with E-state index in [-0.39, 0.29) is 12.0 Å². The average molecular weight is 479 g/mol. The molecule has 2 fully saturated rings. The van der Waals surface area contributed by atoms with Crippen LogP contribution in [0.1, 0.15) is 76.5 Å². The number of hydrogen-bond acceptors (Lipinski definition) is 9. The number of benzene rings is 1. The number of aliphatic hydroxyl groups is 1. The number of carbonyl (C=O) groups excluding carboxylic acids is 3. The Morgan fingerprint density at radius 3 is 2.15 bits per heavy atom. The summed E-state index contributed by atoms with van der Waals surface area (Å²) in [7, 11) is 1.53. The van der Waals surface area contributed by atoms with E-state index in [9.17, 15) is 19.5 Å². The highest BCUT2D eigenvalue weighted by atomic mass is 16.6. The number of rotatable bonds is 6. The van der Waals surface area contributed by atoms with Gasteiger partial charge in [-0.2, -0.15) is 0 Å². The van der Waals surface area contributed by atoms with Crippen LogP contribution in [0, 0.1) is 0 Å². The molecule has 3 rings (SSSR count). The van der Waals surface area contributed by atoms with Crippen LogP contribution >= 0.6 is 0 Å². The summed E-state index contributed by atoms with van der Waals surface area (Å²) in [5, 5.41) is 10.2. The van der Waals surface area contributed by atoms with Crippen molar-refractivity contribution < 1.29 is 43.2 Å². The fourth-order valence-corrected chi connectivity index (χ4v) is 4.96. The summed E-state index contributed by atoms with van der Waals surface area (Å²) >= 11 is 0. The quantitative estimate of drug-likeness (QED) is 0.486. The van der Waals surface area contributed by atoms with E-state index in [0.717, 1.165) is 24.8 Å². The van der Waals surface area contributed by atoms with Gasteiger partial charge in [-0.1, -0.05) is 12.5 Å². The number of esters is 3. The maximum atomic E-state index is 12.1. The first-order chi connectivity index (χ1) is 16.1. The number of hydrogen-bond donors (Lipinski definition) is 1. The van der Waals surface area contributed by atoms with Crippen LogP contribution in [0.15, 0.2) is 18.2 Å². The molecular weight excluding hydrogens is 444 g/mol. The molecule has 34 heavy (non-hydrogen) atoms. The SMILES string of the molecule is COc1ccc(C2CCCC(O)C2)cc1[C@H]1O[C@@H](C)[C@@H](OC(C)=O)[C@@H](OC(C)=O)[C@@H]1OC(C)=O.